The number of nitrogens with two attached hydrogens (primary N) is 1. The average molecular weight is 264 g/mol. The van der Waals surface area contributed by atoms with Gasteiger partial charge in [-0.05, 0) is 31.4 Å². The van der Waals surface area contributed by atoms with Gasteiger partial charge in [-0.3, -0.25) is 0 Å². The van der Waals surface area contributed by atoms with Gasteiger partial charge in [0.1, 0.15) is 5.75 Å². The summed E-state index contributed by atoms with van der Waals surface area (Å²) in [5, 5.41) is 9.62. The monoisotopic (exact) mass is 264 g/mol. The third-order valence-corrected chi connectivity index (χ3v) is 4.10. The van der Waals surface area contributed by atoms with Gasteiger partial charge < -0.3 is 20.5 Å². The molecular weight excluding hydrogens is 240 g/mol. The summed E-state index contributed by atoms with van der Waals surface area (Å²) in [6.45, 7) is 5.29. The Morgan fingerprint density at radius 1 is 1.53 bits per heavy atom. The summed E-state index contributed by atoms with van der Waals surface area (Å²) in [5.41, 5.74) is 8.23. The molecule has 106 valence electrons. The number of anilines is 1. The molecule has 2 rings (SSSR count). The fraction of sp³-hybridized carbons (Fsp3) is 0.600. The highest BCUT2D eigenvalue weighted by Crippen LogP contribution is 2.38. The zero-order valence-corrected chi connectivity index (χ0v) is 12.0. The number of benzene rings is 1. The van der Waals surface area contributed by atoms with E-state index in [0.717, 1.165) is 30.0 Å². The molecule has 2 unspecified atom stereocenters. The van der Waals surface area contributed by atoms with E-state index < -0.39 is 0 Å². The van der Waals surface area contributed by atoms with Crippen molar-refractivity contribution in [1.82, 2.24) is 0 Å². The van der Waals surface area contributed by atoms with E-state index in [2.05, 4.69) is 17.9 Å². The first-order valence-corrected chi connectivity index (χ1v) is 6.90. The normalized spacial score (nSPS) is 24.6. The Kier molecular flexibility index (Phi) is 4.32. The molecule has 0 radical (unpaired) electrons. The molecule has 0 bridgehead atoms. The van der Waals surface area contributed by atoms with E-state index in [9.17, 15) is 5.11 Å². The largest absolute Gasteiger partial charge is 0.496 e. The highest BCUT2D eigenvalue weighted by Gasteiger charge is 2.32. The van der Waals surface area contributed by atoms with Crippen LogP contribution < -0.4 is 15.4 Å². The van der Waals surface area contributed by atoms with Gasteiger partial charge in [0.05, 0.1) is 19.8 Å². The quantitative estimate of drug-likeness (QED) is 0.872. The van der Waals surface area contributed by atoms with E-state index in [4.69, 9.17) is 10.5 Å². The Labute approximate surface area is 115 Å². The Hall–Kier alpha value is -1.26. The molecule has 3 N–H and O–H groups in total. The molecule has 1 aromatic carbocycles. The van der Waals surface area contributed by atoms with Gasteiger partial charge in [-0.25, -0.2) is 0 Å². The minimum atomic E-state index is -0.0959. The topological polar surface area (TPSA) is 58.7 Å². The standard InChI is InChI=1S/C15H24N2O2/c1-10-7-8-17(13(10)9-18)12-5-4-6-14(19-3)15(12)11(2)16/h4-6,10-11,13,18H,7-9,16H2,1-3H3/t10?,11-,13?/m1/s1. The first kappa shape index (κ1) is 14.2. The third kappa shape index (κ3) is 2.55. The summed E-state index contributed by atoms with van der Waals surface area (Å²) >= 11 is 0. The zero-order chi connectivity index (χ0) is 14.0. The highest BCUT2D eigenvalue weighted by atomic mass is 16.5. The van der Waals surface area contributed by atoms with Crippen LogP contribution in [0.3, 0.4) is 0 Å². The lowest BCUT2D eigenvalue weighted by molar-refractivity contribution is 0.244. The zero-order valence-electron chi connectivity index (χ0n) is 12.0. The van der Waals surface area contributed by atoms with Gasteiger partial charge in [-0.15, -0.1) is 0 Å². The molecule has 0 saturated carbocycles. The number of hydrogen-bond acceptors (Lipinski definition) is 4. The van der Waals surface area contributed by atoms with Crippen LogP contribution in [-0.2, 0) is 0 Å². The van der Waals surface area contributed by atoms with Gasteiger partial charge in [-0.2, -0.15) is 0 Å². The molecule has 1 saturated heterocycles. The fourth-order valence-electron chi connectivity index (χ4n) is 3.00. The summed E-state index contributed by atoms with van der Waals surface area (Å²) in [6, 6.07) is 6.07. The molecule has 0 spiro atoms. The predicted octanol–water partition coefficient (Wildman–Crippen LogP) is 1.92. The van der Waals surface area contributed by atoms with Crippen LogP contribution in [0.2, 0.25) is 0 Å². The van der Waals surface area contributed by atoms with E-state index in [-0.39, 0.29) is 18.7 Å². The number of aliphatic hydroxyl groups is 1. The van der Waals surface area contributed by atoms with Crippen LogP contribution in [0.1, 0.15) is 31.9 Å². The summed E-state index contributed by atoms with van der Waals surface area (Å²) in [4.78, 5) is 2.27. The van der Waals surface area contributed by atoms with Crippen molar-refractivity contribution in [2.75, 3.05) is 25.2 Å². The first-order chi connectivity index (χ1) is 9.10. The highest BCUT2D eigenvalue weighted by molar-refractivity contribution is 5.62. The molecule has 0 aliphatic carbocycles. The van der Waals surface area contributed by atoms with Gasteiger partial charge in [-0.1, -0.05) is 13.0 Å². The van der Waals surface area contributed by atoms with Crippen molar-refractivity contribution >= 4 is 5.69 Å². The second-order valence-electron chi connectivity index (χ2n) is 5.39. The van der Waals surface area contributed by atoms with Gasteiger partial charge in [0.15, 0.2) is 0 Å². The number of nitrogens with zero attached hydrogens (tertiary/aromatic N) is 1. The van der Waals surface area contributed by atoms with E-state index in [1.54, 1.807) is 7.11 Å². The minimum absolute atomic E-state index is 0.0959. The van der Waals surface area contributed by atoms with E-state index in [0.29, 0.717) is 5.92 Å². The Morgan fingerprint density at radius 3 is 2.84 bits per heavy atom. The maximum Gasteiger partial charge on any atom is 0.125 e. The van der Waals surface area contributed by atoms with Crippen LogP contribution in [0, 0.1) is 5.92 Å². The third-order valence-electron chi connectivity index (χ3n) is 4.10. The number of methoxy groups -OCH3 is 1. The molecule has 1 fully saturated rings. The lowest BCUT2D eigenvalue weighted by Gasteiger charge is -2.31. The maximum atomic E-state index is 9.62. The Morgan fingerprint density at radius 2 is 2.26 bits per heavy atom. The molecule has 19 heavy (non-hydrogen) atoms. The molecule has 1 aliphatic heterocycles. The number of rotatable bonds is 4. The second kappa shape index (κ2) is 5.80. The lowest BCUT2D eigenvalue weighted by atomic mass is 10.0. The van der Waals surface area contributed by atoms with Crippen LogP contribution in [0.5, 0.6) is 5.75 Å². The fourth-order valence-corrected chi connectivity index (χ4v) is 3.00. The van der Waals surface area contributed by atoms with Crippen molar-refractivity contribution in [3.63, 3.8) is 0 Å². The second-order valence-corrected chi connectivity index (χ2v) is 5.39. The molecule has 1 heterocycles. The van der Waals surface area contributed by atoms with Crippen molar-refractivity contribution in [3.8, 4) is 5.75 Å². The summed E-state index contributed by atoms with van der Waals surface area (Å²) in [7, 11) is 1.67. The van der Waals surface area contributed by atoms with Gasteiger partial charge in [0.25, 0.3) is 0 Å². The van der Waals surface area contributed by atoms with Gasteiger partial charge in [0.2, 0.25) is 0 Å². The van der Waals surface area contributed by atoms with Crippen molar-refractivity contribution in [1.29, 1.82) is 0 Å². The smallest absolute Gasteiger partial charge is 0.125 e. The molecular formula is C15H24N2O2. The molecule has 3 atom stereocenters. The van der Waals surface area contributed by atoms with E-state index in [1.165, 1.54) is 0 Å². The minimum Gasteiger partial charge on any atom is -0.496 e. The number of hydrogen-bond donors (Lipinski definition) is 2. The summed E-state index contributed by atoms with van der Waals surface area (Å²) < 4.78 is 5.43. The Balaban J connectivity index is 2.44. The van der Waals surface area contributed by atoms with E-state index in [1.807, 2.05) is 19.1 Å². The van der Waals surface area contributed by atoms with Gasteiger partial charge >= 0.3 is 0 Å². The van der Waals surface area contributed by atoms with Crippen molar-refractivity contribution in [2.24, 2.45) is 11.7 Å². The molecule has 0 amide bonds. The van der Waals surface area contributed by atoms with Crippen LogP contribution >= 0.6 is 0 Å². The maximum absolute atomic E-state index is 9.62. The van der Waals surface area contributed by atoms with Crippen molar-refractivity contribution < 1.29 is 9.84 Å². The van der Waals surface area contributed by atoms with Crippen molar-refractivity contribution in [2.45, 2.75) is 32.4 Å². The molecule has 4 nitrogen and oxygen atoms in total. The van der Waals surface area contributed by atoms with Crippen LogP contribution in [0.15, 0.2) is 18.2 Å². The van der Waals surface area contributed by atoms with Crippen LogP contribution in [-0.4, -0.2) is 31.4 Å². The lowest BCUT2D eigenvalue weighted by Crippen LogP contribution is -2.36. The summed E-state index contributed by atoms with van der Waals surface area (Å²) in [6.07, 6.45) is 1.10. The first-order valence-electron chi connectivity index (χ1n) is 6.90. The number of ether oxygens (including phenoxy) is 1. The van der Waals surface area contributed by atoms with Crippen LogP contribution in [0.4, 0.5) is 5.69 Å². The molecule has 4 heteroatoms. The van der Waals surface area contributed by atoms with Crippen molar-refractivity contribution in [3.05, 3.63) is 23.8 Å². The van der Waals surface area contributed by atoms with E-state index >= 15 is 0 Å². The Bertz CT molecular complexity index is 434. The average Bonchev–Trinajstić information content (AvgIpc) is 2.78. The summed E-state index contributed by atoms with van der Waals surface area (Å²) in [5.74, 6) is 1.32. The molecule has 1 aliphatic rings. The van der Waals surface area contributed by atoms with Gasteiger partial charge in [0, 0.05) is 23.8 Å². The predicted molar refractivity (Wildman–Crippen MR) is 77.6 cm³/mol. The van der Waals surface area contributed by atoms with Crippen LogP contribution in [0.25, 0.3) is 0 Å². The number of aliphatic hydroxyl groups excluding tert-OH is 1. The molecule has 0 aromatic heterocycles. The SMILES string of the molecule is COc1cccc(N2CCC(C)C2CO)c1[C@@H](C)N. The molecule has 1 aromatic rings.